The largest absolute Gasteiger partial charge is 0.394 e. The summed E-state index contributed by atoms with van der Waals surface area (Å²) >= 11 is 0. The fourth-order valence-corrected chi connectivity index (χ4v) is 6.71. The monoisotopic (exact) mass is 550 g/mol. The van der Waals surface area contributed by atoms with Crippen LogP contribution in [-0.4, -0.2) is 46.8 Å². The molecule has 2 N–H and O–H groups in total. The number of hydrogen-bond donors (Lipinski definition) is 2. The summed E-state index contributed by atoms with van der Waals surface area (Å²) in [5, 5.41) is 12.3. The molecule has 0 aliphatic carbocycles. The number of fused-ring (bicyclic) bond motifs is 1. The van der Waals surface area contributed by atoms with Gasteiger partial charge in [-0.2, -0.15) is 0 Å². The van der Waals surface area contributed by atoms with Gasteiger partial charge < -0.3 is 10.4 Å². The van der Waals surface area contributed by atoms with Crippen LogP contribution in [0, 0.1) is 11.6 Å². The molecular weight excluding hydrogens is 526 g/mol. The lowest BCUT2D eigenvalue weighted by molar-refractivity contribution is 0.0915. The number of nitrogens with zero attached hydrogens (tertiary/aromatic N) is 1. The number of nitrogens with one attached hydrogen (secondary N) is 1. The topological polar surface area (TPSA) is 121 Å². The molecule has 0 radical (unpaired) electrons. The predicted octanol–water partition coefficient (Wildman–Crippen LogP) is 2.97. The minimum atomic E-state index is -4.21. The highest BCUT2D eigenvalue weighted by Gasteiger charge is 2.33. The number of sulfonamides is 1. The summed E-state index contributed by atoms with van der Waals surface area (Å²) in [6.07, 6.45) is 0.257. The molecule has 1 amide bonds. The summed E-state index contributed by atoms with van der Waals surface area (Å²) in [6, 6.07) is 11.5. The lowest BCUT2D eigenvalue weighted by Crippen LogP contribution is -2.38. The molecule has 3 aromatic carbocycles. The Bertz CT molecular complexity index is 1560. The van der Waals surface area contributed by atoms with E-state index in [9.17, 15) is 31.1 Å². The number of aliphatic hydroxyl groups is 1. The molecule has 12 heteroatoms. The van der Waals surface area contributed by atoms with E-state index in [0.717, 1.165) is 22.5 Å². The van der Waals surface area contributed by atoms with E-state index in [2.05, 4.69) is 5.32 Å². The third-order valence-electron chi connectivity index (χ3n) is 6.17. The second-order valence-corrected chi connectivity index (χ2v) is 12.5. The van der Waals surface area contributed by atoms with Crippen molar-refractivity contribution in [3.63, 3.8) is 0 Å². The number of amides is 1. The number of carbonyl (C=O) groups excluding carboxylic acids is 1. The summed E-state index contributed by atoms with van der Waals surface area (Å²) < 4.78 is 79.6. The molecule has 4 rings (SSSR count). The van der Waals surface area contributed by atoms with Crippen molar-refractivity contribution in [3.8, 4) is 0 Å². The molecule has 0 aromatic heterocycles. The van der Waals surface area contributed by atoms with Crippen molar-refractivity contribution in [1.29, 1.82) is 0 Å². The van der Waals surface area contributed by atoms with E-state index in [1.54, 1.807) is 0 Å². The van der Waals surface area contributed by atoms with Crippen LogP contribution >= 0.6 is 0 Å². The Morgan fingerprint density at radius 1 is 1.08 bits per heavy atom. The number of aliphatic hydroxyl groups excluding tert-OH is 1. The zero-order chi connectivity index (χ0) is 27.0. The number of benzene rings is 3. The van der Waals surface area contributed by atoms with E-state index >= 15 is 4.39 Å². The van der Waals surface area contributed by atoms with Crippen LogP contribution in [-0.2, 0) is 26.3 Å². The van der Waals surface area contributed by atoms with Crippen LogP contribution in [0.3, 0.4) is 0 Å². The first-order chi connectivity index (χ1) is 17.5. The van der Waals surface area contributed by atoms with Crippen molar-refractivity contribution < 1.29 is 35.5 Å². The average molecular weight is 551 g/mol. The molecule has 8 nitrogen and oxygen atoms in total. The van der Waals surface area contributed by atoms with E-state index in [4.69, 9.17) is 0 Å². The van der Waals surface area contributed by atoms with Crippen LogP contribution in [0.15, 0.2) is 70.5 Å². The number of anilines is 1. The van der Waals surface area contributed by atoms with Gasteiger partial charge in [0.15, 0.2) is 9.84 Å². The van der Waals surface area contributed by atoms with Crippen LogP contribution in [0.5, 0.6) is 0 Å². The van der Waals surface area contributed by atoms with Gasteiger partial charge in [0.25, 0.3) is 15.9 Å². The molecule has 196 valence electrons. The Morgan fingerprint density at radius 3 is 2.41 bits per heavy atom. The van der Waals surface area contributed by atoms with E-state index in [1.807, 2.05) is 0 Å². The third-order valence-corrected chi connectivity index (χ3v) is 9.82. The maximum atomic E-state index is 15.1. The normalized spacial score (nSPS) is 15.6. The van der Waals surface area contributed by atoms with Gasteiger partial charge in [0.05, 0.1) is 33.9 Å². The Kier molecular flexibility index (Phi) is 7.36. The Hall–Kier alpha value is -3.35. The van der Waals surface area contributed by atoms with Gasteiger partial charge in [0, 0.05) is 12.1 Å². The Balaban J connectivity index is 1.55. The van der Waals surface area contributed by atoms with Gasteiger partial charge in [-0.15, -0.1) is 0 Å². The van der Waals surface area contributed by atoms with E-state index in [0.29, 0.717) is 11.1 Å². The van der Waals surface area contributed by atoms with Crippen LogP contribution in [0.4, 0.5) is 14.5 Å². The highest BCUT2D eigenvalue weighted by molar-refractivity contribution is 7.93. The predicted molar refractivity (Wildman–Crippen MR) is 132 cm³/mol. The third kappa shape index (κ3) is 5.22. The quantitative estimate of drug-likeness (QED) is 0.467. The van der Waals surface area contributed by atoms with Crippen LogP contribution in [0.25, 0.3) is 0 Å². The van der Waals surface area contributed by atoms with Gasteiger partial charge in [-0.25, -0.2) is 25.6 Å². The van der Waals surface area contributed by atoms with Crippen molar-refractivity contribution in [2.24, 2.45) is 0 Å². The summed E-state index contributed by atoms with van der Waals surface area (Å²) in [4.78, 5) is 12.6. The van der Waals surface area contributed by atoms with Crippen LogP contribution in [0.2, 0.25) is 0 Å². The van der Waals surface area contributed by atoms with Crippen molar-refractivity contribution in [2.75, 3.05) is 23.2 Å². The maximum absolute atomic E-state index is 15.1. The van der Waals surface area contributed by atoms with Crippen molar-refractivity contribution in [1.82, 2.24) is 5.32 Å². The zero-order valence-electron chi connectivity index (χ0n) is 19.7. The molecule has 1 atom stereocenters. The summed E-state index contributed by atoms with van der Waals surface area (Å²) in [7, 11) is -7.63. The minimum absolute atomic E-state index is 0.0558. The fourth-order valence-electron chi connectivity index (χ4n) is 4.09. The van der Waals surface area contributed by atoms with Gasteiger partial charge in [0.2, 0.25) is 0 Å². The van der Waals surface area contributed by atoms with Gasteiger partial charge >= 0.3 is 0 Å². The summed E-state index contributed by atoms with van der Waals surface area (Å²) in [6.45, 7) is 0.956. The number of halogens is 2. The van der Waals surface area contributed by atoms with Crippen molar-refractivity contribution in [3.05, 3.63) is 89.0 Å². The molecule has 0 saturated heterocycles. The molecule has 0 fully saturated rings. The molecule has 0 saturated carbocycles. The number of sulfone groups is 1. The average Bonchev–Trinajstić information content (AvgIpc) is 2.88. The summed E-state index contributed by atoms with van der Waals surface area (Å²) in [5.41, 5.74) is 0.473. The van der Waals surface area contributed by atoms with Gasteiger partial charge in [0.1, 0.15) is 11.6 Å². The second kappa shape index (κ2) is 10.2. The molecule has 0 spiro atoms. The highest BCUT2D eigenvalue weighted by atomic mass is 32.2. The standard InChI is InChI=1S/C25H24F2N2O6S2/c1-2-36(32,33)20-8-4-16(5-9-20)22(15-30)28-25(31)18-6-10-23(21(27)13-18)29-12-11-17-3-7-19(26)14-24(17)37(29,34)35/h3-10,13-14,22,30H,2,11-12,15H2,1H3,(H,28,31)/t22-/m0/s1. The van der Waals surface area contributed by atoms with Gasteiger partial charge in [-0.1, -0.05) is 25.1 Å². The molecule has 1 heterocycles. The SMILES string of the molecule is CCS(=O)(=O)c1ccc([C@H](CO)NC(=O)c2ccc(N3CCc4ccc(F)cc4S3(=O)=O)c(F)c2)cc1. The number of hydrogen-bond acceptors (Lipinski definition) is 6. The molecule has 3 aromatic rings. The smallest absolute Gasteiger partial charge is 0.264 e. The fraction of sp³-hybridized carbons (Fsp3) is 0.240. The van der Waals surface area contributed by atoms with Crippen molar-refractivity contribution >= 4 is 31.5 Å². The minimum Gasteiger partial charge on any atom is -0.394 e. The van der Waals surface area contributed by atoms with Crippen LogP contribution in [0.1, 0.15) is 34.5 Å². The summed E-state index contributed by atoms with van der Waals surface area (Å²) in [5.74, 6) is -2.50. The number of carbonyl (C=O) groups is 1. The molecule has 0 bridgehead atoms. The molecule has 1 aliphatic heterocycles. The van der Waals surface area contributed by atoms with Crippen molar-refractivity contribution in [2.45, 2.75) is 29.2 Å². The Labute approximate surface area is 213 Å². The lowest BCUT2D eigenvalue weighted by Gasteiger charge is -2.30. The van der Waals surface area contributed by atoms with E-state index < -0.39 is 50.1 Å². The first kappa shape index (κ1) is 26.7. The highest BCUT2D eigenvalue weighted by Crippen LogP contribution is 2.33. The Morgan fingerprint density at radius 2 is 1.78 bits per heavy atom. The van der Waals surface area contributed by atoms with Gasteiger partial charge in [-0.3, -0.25) is 9.10 Å². The first-order valence-electron chi connectivity index (χ1n) is 11.3. The lowest BCUT2D eigenvalue weighted by atomic mass is 10.1. The molecule has 1 aliphatic rings. The van der Waals surface area contributed by atoms with Gasteiger partial charge in [-0.05, 0) is 60.0 Å². The van der Waals surface area contributed by atoms with E-state index in [1.165, 1.54) is 49.4 Å². The molecule has 37 heavy (non-hydrogen) atoms. The van der Waals surface area contributed by atoms with Crippen LogP contribution < -0.4 is 9.62 Å². The maximum Gasteiger partial charge on any atom is 0.264 e. The first-order valence-corrected chi connectivity index (χ1v) is 14.4. The zero-order valence-corrected chi connectivity index (χ0v) is 21.3. The molecular formula is C25H24F2N2O6S2. The molecule has 0 unspecified atom stereocenters. The number of rotatable bonds is 7. The second-order valence-electron chi connectivity index (χ2n) is 8.43. The van der Waals surface area contributed by atoms with E-state index in [-0.39, 0.29) is 39.8 Å².